The summed E-state index contributed by atoms with van der Waals surface area (Å²) in [6.45, 7) is 1.78. The third-order valence-corrected chi connectivity index (χ3v) is 2.24. The maximum absolute atomic E-state index is 5.59. The Morgan fingerprint density at radius 3 is 2.40 bits per heavy atom. The third kappa shape index (κ3) is 3.17. The van der Waals surface area contributed by atoms with Crippen molar-refractivity contribution in [2.75, 3.05) is 6.61 Å². The lowest BCUT2D eigenvalue weighted by atomic mass is 10.3. The van der Waals surface area contributed by atoms with Crippen LogP contribution in [-0.2, 0) is 6.54 Å². The zero-order valence-electron chi connectivity index (χ0n) is 8.67. The highest BCUT2D eigenvalue weighted by Crippen LogP contribution is 2.08. The topological polar surface area (TPSA) is 14.2 Å². The van der Waals surface area contributed by atoms with Gasteiger partial charge in [-0.2, -0.15) is 0 Å². The first-order chi connectivity index (χ1) is 7.45. The van der Waals surface area contributed by atoms with Gasteiger partial charge in [0.1, 0.15) is 5.75 Å². The highest BCUT2D eigenvalue weighted by atomic mass is 16.5. The molecule has 0 N–H and O–H groups in total. The second kappa shape index (κ2) is 5.25. The standard InChI is InChI=1S/C13H15NO/c1-2-7-13(8-3-1)15-12-6-11-14-9-4-5-10-14/h1-5,7-10H,6,11-12H2. The number of para-hydroxylation sites is 1. The normalized spacial score (nSPS) is 10.1. The van der Waals surface area contributed by atoms with E-state index in [1.807, 2.05) is 42.5 Å². The molecule has 0 radical (unpaired) electrons. The van der Waals surface area contributed by atoms with Gasteiger partial charge in [-0.15, -0.1) is 0 Å². The van der Waals surface area contributed by atoms with Crippen molar-refractivity contribution in [3.63, 3.8) is 0 Å². The van der Waals surface area contributed by atoms with Crippen LogP contribution in [0.3, 0.4) is 0 Å². The molecule has 2 rings (SSSR count). The van der Waals surface area contributed by atoms with Crippen LogP contribution in [-0.4, -0.2) is 11.2 Å². The van der Waals surface area contributed by atoms with Crippen molar-refractivity contribution >= 4 is 0 Å². The summed E-state index contributed by atoms with van der Waals surface area (Å²) in [6.07, 6.45) is 5.18. The first-order valence-corrected chi connectivity index (χ1v) is 5.24. The monoisotopic (exact) mass is 201 g/mol. The van der Waals surface area contributed by atoms with Crippen molar-refractivity contribution in [3.8, 4) is 5.75 Å². The van der Waals surface area contributed by atoms with Gasteiger partial charge in [0.15, 0.2) is 0 Å². The molecule has 78 valence electrons. The van der Waals surface area contributed by atoms with Crippen LogP contribution in [0, 0.1) is 0 Å². The molecule has 2 aromatic rings. The number of hydrogen-bond donors (Lipinski definition) is 0. The fourth-order valence-corrected chi connectivity index (χ4v) is 1.47. The van der Waals surface area contributed by atoms with Crippen LogP contribution in [0.2, 0.25) is 0 Å². The Labute approximate surface area is 90.1 Å². The number of aromatic nitrogens is 1. The minimum Gasteiger partial charge on any atom is -0.494 e. The van der Waals surface area contributed by atoms with Crippen molar-refractivity contribution in [3.05, 3.63) is 54.9 Å². The lowest BCUT2D eigenvalue weighted by Crippen LogP contribution is -2.02. The largest absolute Gasteiger partial charge is 0.494 e. The predicted octanol–water partition coefficient (Wildman–Crippen LogP) is 2.96. The van der Waals surface area contributed by atoms with E-state index in [9.17, 15) is 0 Å². The molecule has 0 saturated carbocycles. The van der Waals surface area contributed by atoms with Gasteiger partial charge in [0.25, 0.3) is 0 Å². The molecule has 0 saturated heterocycles. The van der Waals surface area contributed by atoms with Crippen molar-refractivity contribution < 1.29 is 4.74 Å². The molecule has 0 aliphatic carbocycles. The molecular formula is C13H15NO. The van der Waals surface area contributed by atoms with Crippen LogP contribution in [0.25, 0.3) is 0 Å². The van der Waals surface area contributed by atoms with E-state index in [0.29, 0.717) is 0 Å². The molecule has 0 unspecified atom stereocenters. The summed E-state index contributed by atoms with van der Waals surface area (Å²) in [4.78, 5) is 0. The van der Waals surface area contributed by atoms with Crippen LogP contribution < -0.4 is 4.74 Å². The van der Waals surface area contributed by atoms with Crippen LogP contribution in [0.5, 0.6) is 5.75 Å². The zero-order valence-corrected chi connectivity index (χ0v) is 8.67. The fraction of sp³-hybridized carbons (Fsp3) is 0.231. The maximum atomic E-state index is 5.59. The molecule has 1 aromatic carbocycles. The number of nitrogens with zero attached hydrogens (tertiary/aromatic N) is 1. The third-order valence-electron chi connectivity index (χ3n) is 2.24. The van der Waals surface area contributed by atoms with Gasteiger partial charge in [0.05, 0.1) is 6.61 Å². The Hall–Kier alpha value is -1.70. The molecule has 1 aromatic heterocycles. The Morgan fingerprint density at radius 1 is 0.933 bits per heavy atom. The van der Waals surface area contributed by atoms with Crippen molar-refractivity contribution in [1.82, 2.24) is 4.57 Å². The van der Waals surface area contributed by atoms with Crippen LogP contribution in [0.4, 0.5) is 0 Å². The SMILES string of the molecule is c1ccc(OCCCn2cccc2)cc1. The van der Waals surface area contributed by atoms with Crippen LogP contribution >= 0.6 is 0 Å². The average Bonchev–Trinajstić information content (AvgIpc) is 2.79. The average molecular weight is 201 g/mol. The molecule has 1 heterocycles. The summed E-state index contributed by atoms with van der Waals surface area (Å²) >= 11 is 0. The minimum absolute atomic E-state index is 0.766. The number of aryl methyl sites for hydroxylation is 1. The highest BCUT2D eigenvalue weighted by molar-refractivity contribution is 5.20. The van der Waals surface area contributed by atoms with Crippen LogP contribution in [0.1, 0.15) is 6.42 Å². The number of benzene rings is 1. The number of rotatable bonds is 5. The molecule has 0 atom stereocenters. The van der Waals surface area contributed by atoms with E-state index >= 15 is 0 Å². The fourth-order valence-electron chi connectivity index (χ4n) is 1.47. The van der Waals surface area contributed by atoms with Crippen LogP contribution in [0.15, 0.2) is 54.9 Å². The van der Waals surface area contributed by atoms with Gasteiger partial charge in [-0.25, -0.2) is 0 Å². The highest BCUT2D eigenvalue weighted by Gasteiger charge is 1.92. The van der Waals surface area contributed by atoms with E-state index in [4.69, 9.17) is 4.74 Å². The van der Waals surface area contributed by atoms with Crippen molar-refractivity contribution in [2.24, 2.45) is 0 Å². The molecule has 15 heavy (non-hydrogen) atoms. The molecule has 0 amide bonds. The maximum Gasteiger partial charge on any atom is 0.119 e. The van der Waals surface area contributed by atoms with Gasteiger partial charge >= 0.3 is 0 Å². The summed E-state index contributed by atoms with van der Waals surface area (Å²) in [5, 5.41) is 0. The van der Waals surface area contributed by atoms with E-state index in [1.54, 1.807) is 0 Å². The summed E-state index contributed by atoms with van der Waals surface area (Å²) in [7, 11) is 0. The summed E-state index contributed by atoms with van der Waals surface area (Å²) in [5.41, 5.74) is 0. The van der Waals surface area contributed by atoms with E-state index < -0.39 is 0 Å². The summed E-state index contributed by atoms with van der Waals surface area (Å²) < 4.78 is 7.75. The Balaban J connectivity index is 1.68. The lowest BCUT2D eigenvalue weighted by molar-refractivity contribution is 0.302. The van der Waals surface area contributed by atoms with Crippen molar-refractivity contribution in [1.29, 1.82) is 0 Å². The summed E-state index contributed by atoms with van der Waals surface area (Å²) in [5.74, 6) is 0.949. The number of ether oxygens (including phenoxy) is 1. The van der Waals surface area contributed by atoms with E-state index in [0.717, 1.165) is 25.3 Å². The molecule has 0 fully saturated rings. The Morgan fingerprint density at radius 2 is 1.67 bits per heavy atom. The second-order valence-corrected chi connectivity index (χ2v) is 3.44. The molecule has 0 aliphatic rings. The van der Waals surface area contributed by atoms with Gasteiger partial charge in [-0.1, -0.05) is 18.2 Å². The first kappa shape index (κ1) is 9.84. The summed E-state index contributed by atoms with van der Waals surface area (Å²) in [6, 6.07) is 14.0. The van der Waals surface area contributed by atoms with Gasteiger partial charge in [0, 0.05) is 18.9 Å². The Kier molecular flexibility index (Phi) is 3.44. The second-order valence-electron chi connectivity index (χ2n) is 3.44. The number of hydrogen-bond acceptors (Lipinski definition) is 1. The zero-order chi connectivity index (χ0) is 10.3. The van der Waals surface area contributed by atoms with Gasteiger partial charge in [0.2, 0.25) is 0 Å². The molecular weight excluding hydrogens is 186 g/mol. The molecule has 2 nitrogen and oxygen atoms in total. The van der Waals surface area contributed by atoms with Crippen molar-refractivity contribution in [2.45, 2.75) is 13.0 Å². The van der Waals surface area contributed by atoms with E-state index in [1.165, 1.54) is 0 Å². The predicted molar refractivity (Wildman–Crippen MR) is 61.0 cm³/mol. The first-order valence-electron chi connectivity index (χ1n) is 5.24. The minimum atomic E-state index is 0.766. The van der Waals surface area contributed by atoms with Gasteiger partial charge < -0.3 is 9.30 Å². The molecule has 2 heteroatoms. The lowest BCUT2D eigenvalue weighted by Gasteiger charge is -2.06. The quantitative estimate of drug-likeness (QED) is 0.678. The smallest absolute Gasteiger partial charge is 0.119 e. The molecule has 0 bridgehead atoms. The molecule has 0 aliphatic heterocycles. The van der Waals surface area contributed by atoms with E-state index in [-0.39, 0.29) is 0 Å². The Bertz CT molecular complexity index is 367. The van der Waals surface area contributed by atoms with Gasteiger partial charge in [-0.3, -0.25) is 0 Å². The van der Waals surface area contributed by atoms with Gasteiger partial charge in [-0.05, 0) is 30.7 Å². The molecule has 0 spiro atoms. The van der Waals surface area contributed by atoms with E-state index in [2.05, 4.69) is 17.0 Å².